The highest BCUT2D eigenvalue weighted by atomic mass is 16.6. The van der Waals surface area contributed by atoms with Gasteiger partial charge in [0.25, 0.3) is 0 Å². The summed E-state index contributed by atoms with van der Waals surface area (Å²) < 4.78 is 4.31. The molecular formula is C10H14O9. The summed E-state index contributed by atoms with van der Waals surface area (Å²) in [4.78, 5) is 43.0. The highest BCUT2D eigenvalue weighted by molar-refractivity contribution is 6.34. The maximum atomic E-state index is 11.2. The Morgan fingerprint density at radius 3 is 2.16 bits per heavy atom. The van der Waals surface area contributed by atoms with Crippen molar-refractivity contribution in [2.75, 3.05) is 6.61 Å². The minimum atomic E-state index is -1.89. The van der Waals surface area contributed by atoms with Crippen molar-refractivity contribution in [1.82, 2.24) is 0 Å². The van der Waals surface area contributed by atoms with Crippen molar-refractivity contribution in [3.63, 3.8) is 0 Å². The van der Waals surface area contributed by atoms with E-state index in [9.17, 15) is 24.3 Å². The topological polar surface area (TPSA) is 158 Å². The fraction of sp³-hybridized carbons (Fsp3) is 0.600. The maximum Gasteiger partial charge on any atom is 0.375 e. The molecular weight excluding hydrogens is 264 g/mol. The molecule has 0 bridgehead atoms. The van der Waals surface area contributed by atoms with Crippen LogP contribution in [0.4, 0.5) is 0 Å². The molecule has 108 valence electrons. The van der Waals surface area contributed by atoms with Crippen LogP contribution >= 0.6 is 0 Å². The van der Waals surface area contributed by atoms with Crippen LogP contribution in [0.15, 0.2) is 0 Å². The molecule has 0 aromatic heterocycles. The average molecular weight is 278 g/mol. The third-order valence-corrected chi connectivity index (χ3v) is 2.09. The van der Waals surface area contributed by atoms with Gasteiger partial charge in [0.1, 0.15) is 12.2 Å². The Hall–Kier alpha value is -1.84. The van der Waals surface area contributed by atoms with Gasteiger partial charge in [0, 0.05) is 6.42 Å². The minimum Gasteiger partial charge on any atom is -0.481 e. The summed E-state index contributed by atoms with van der Waals surface area (Å²) in [5.41, 5.74) is 0. The number of rotatable bonds is 9. The number of hydrogen-bond donors (Lipinski definition) is 4. The smallest absolute Gasteiger partial charge is 0.375 e. The number of carboxylic acid groups (broad SMARTS) is 1. The van der Waals surface area contributed by atoms with Crippen molar-refractivity contribution in [2.45, 2.75) is 31.2 Å². The third-order valence-electron chi connectivity index (χ3n) is 2.09. The molecule has 0 unspecified atom stereocenters. The zero-order valence-electron chi connectivity index (χ0n) is 9.76. The Kier molecular flexibility index (Phi) is 7.49. The normalized spacial score (nSPS) is 15.1. The summed E-state index contributed by atoms with van der Waals surface area (Å²) in [6.07, 6.45) is -6.66. The first kappa shape index (κ1) is 17.2. The van der Waals surface area contributed by atoms with Crippen LogP contribution in [0.1, 0.15) is 12.8 Å². The molecule has 0 radical (unpaired) electrons. The van der Waals surface area contributed by atoms with Crippen molar-refractivity contribution in [2.24, 2.45) is 0 Å². The fourth-order valence-electron chi connectivity index (χ4n) is 1.02. The molecule has 0 aliphatic rings. The van der Waals surface area contributed by atoms with E-state index < -0.39 is 55.5 Å². The number of aldehydes is 1. The quantitative estimate of drug-likeness (QED) is 0.199. The molecule has 0 rings (SSSR count). The number of Topliss-reactive ketones (excluding diaryl/α,β-unsaturated/α-hetero) is 1. The first-order valence-electron chi connectivity index (χ1n) is 5.21. The van der Waals surface area contributed by atoms with Crippen LogP contribution in [0.3, 0.4) is 0 Å². The van der Waals surface area contributed by atoms with E-state index >= 15 is 0 Å². The van der Waals surface area contributed by atoms with Crippen LogP contribution in [-0.2, 0) is 23.9 Å². The number of carbonyl (C=O) groups excluding carboxylic acids is 3. The summed E-state index contributed by atoms with van der Waals surface area (Å²) >= 11 is 0. The molecule has 4 N–H and O–H groups in total. The second kappa shape index (κ2) is 8.29. The van der Waals surface area contributed by atoms with Crippen LogP contribution < -0.4 is 0 Å². The van der Waals surface area contributed by atoms with Gasteiger partial charge in [0.2, 0.25) is 5.78 Å². The van der Waals surface area contributed by atoms with Gasteiger partial charge < -0.3 is 25.2 Å². The number of ether oxygens (including phenoxy) is 1. The van der Waals surface area contributed by atoms with E-state index in [4.69, 9.17) is 15.3 Å². The van der Waals surface area contributed by atoms with E-state index in [1.54, 1.807) is 0 Å². The minimum absolute atomic E-state index is 0.0219. The lowest BCUT2D eigenvalue weighted by Gasteiger charge is -2.21. The molecule has 0 amide bonds. The van der Waals surface area contributed by atoms with E-state index in [2.05, 4.69) is 4.74 Å². The monoisotopic (exact) mass is 278 g/mol. The summed E-state index contributed by atoms with van der Waals surface area (Å²) in [5, 5.41) is 35.2. The van der Waals surface area contributed by atoms with Crippen LogP contribution in [0.25, 0.3) is 0 Å². The lowest BCUT2D eigenvalue weighted by Crippen LogP contribution is -2.43. The summed E-state index contributed by atoms with van der Waals surface area (Å²) in [7, 11) is 0. The molecule has 0 aliphatic heterocycles. The second-order valence-corrected chi connectivity index (χ2v) is 3.56. The van der Waals surface area contributed by atoms with Gasteiger partial charge in [-0.3, -0.25) is 14.4 Å². The summed E-state index contributed by atoms with van der Waals surface area (Å²) in [6.45, 7) is -0.879. The van der Waals surface area contributed by atoms with E-state index in [1.807, 2.05) is 0 Å². The van der Waals surface area contributed by atoms with Crippen LogP contribution in [0.5, 0.6) is 0 Å². The highest BCUT2D eigenvalue weighted by Gasteiger charge is 2.30. The van der Waals surface area contributed by atoms with Gasteiger partial charge in [0.15, 0.2) is 12.4 Å². The molecule has 9 nitrogen and oxygen atoms in total. The average Bonchev–Trinajstić information content (AvgIpc) is 2.39. The predicted octanol–water partition coefficient (Wildman–Crippen LogP) is -2.75. The first-order chi connectivity index (χ1) is 8.83. The summed E-state index contributed by atoms with van der Waals surface area (Å²) in [6, 6.07) is 0. The molecule has 3 atom stereocenters. The molecule has 0 heterocycles. The lowest BCUT2D eigenvalue weighted by molar-refractivity contribution is -0.168. The lowest BCUT2D eigenvalue weighted by atomic mass is 10.1. The Morgan fingerprint density at radius 2 is 1.74 bits per heavy atom. The SMILES string of the molecule is O=C[C@H](OC(=O)C(=O)CCC(=O)O)[C@@H](O)[C@H](O)CO. The molecule has 9 heteroatoms. The van der Waals surface area contributed by atoms with Crippen molar-refractivity contribution in [3.8, 4) is 0 Å². The van der Waals surface area contributed by atoms with Gasteiger partial charge >= 0.3 is 11.9 Å². The second-order valence-electron chi connectivity index (χ2n) is 3.56. The third kappa shape index (κ3) is 6.04. The number of ketones is 1. The molecule has 0 fully saturated rings. The summed E-state index contributed by atoms with van der Waals surface area (Å²) in [5.74, 6) is -3.97. The van der Waals surface area contributed by atoms with Crippen LogP contribution in [0, 0.1) is 0 Å². The number of aliphatic carboxylic acids is 1. The molecule has 0 saturated carbocycles. The Labute approximate surface area is 107 Å². The molecule has 0 aromatic carbocycles. The van der Waals surface area contributed by atoms with Crippen molar-refractivity contribution >= 4 is 24.0 Å². The van der Waals surface area contributed by atoms with Gasteiger partial charge in [0.05, 0.1) is 13.0 Å². The van der Waals surface area contributed by atoms with Crippen molar-refractivity contribution in [3.05, 3.63) is 0 Å². The molecule has 0 saturated heterocycles. The molecule has 0 spiro atoms. The van der Waals surface area contributed by atoms with Crippen LogP contribution in [0.2, 0.25) is 0 Å². The predicted molar refractivity (Wildman–Crippen MR) is 56.9 cm³/mol. The van der Waals surface area contributed by atoms with E-state index in [0.29, 0.717) is 0 Å². The number of carboxylic acids is 1. The standard InChI is InChI=1S/C10H14O9/c11-3-6(14)9(17)7(4-12)19-10(18)5(13)1-2-8(15)16/h4,6-7,9,11,14,17H,1-3H2,(H,15,16)/t6-,7+,9+/m1/s1. The Bertz CT molecular complexity index is 351. The molecule has 19 heavy (non-hydrogen) atoms. The van der Waals surface area contributed by atoms with E-state index in [-0.39, 0.29) is 6.29 Å². The zero-order valence-corrected chi connectivity index (χ0v) is 9.76. The molecule has 0 aromatic rings. The van der Waals surface area contributed by atoms with Gasteiger partial charge in [-0.15, -0.1) is 0 Å². The first-order valence-corrected chi connectivity index (χ1v) is 5.21. The van der Waals surface area contributed by atoms with E-state index in [0.717, 1.165) is 0 Å². The largest absolute Gasteiger partial charge is 0.481 e. The number of hydrogen-bond acceptors (Lipinski definition) is 8. The fourth-order valence-corrected chi connectivity index (χ4v) is 1.02. The highest BCUT2D eigenvalue weighted by Crippen LogP contribution is 2.04. The van der Waals surface area contributed by atoms with Crippen LogP contribution in [-0.4, -0.2) is 69.4 Å². The maximum absolute atomic E-state index is 11.2. The number of aliphatic hydroxyl groups is 3. The number of aliphatic hydroxyl groups excluding tert-OH is 3. The molecule has 0 aliphatic carbocycles. The van der Waals surface area contributed by atoms with Crippen molar-refractivity contribution < 1.29 is 44.3 Å². The number of esters is 1. The van der Waals surface area contributed by atoms with Gasteiger partial charge in [-0.1, -0.05) is 0 Å². The Balaban J connectivity index is 4.45. The van der Waals surface area contributed by atoms with E-state index in [1.165, 1.54) is 0 Å². The van der Waals surface area contributed by atoms with Crippen molar-refractivity contribution in [1.29, 1.82) is 0 Å². The zero-order chi connectivity index (χ0) is 15.0. The van der Waals surface area contributed by atoms with Gasteiger partial charge in [-0.25, -0.2) is 4.79 Å². The van der Waals surface area contributed by atoms with Gasteiger partial charge in [-0.2, -0.15) is 0 Å². The number of carbonyl (C=O) groups is 4. The van der Waals surface area contributed by atoms with Gasteiger partial charge in [-0.05, 0) is 0 Å². The Morgan fingerprint density at radius 1 is 1.16 bits per heavy atom.